The Bertz CT molecular complexity index is 882. The summed E-state index contributed by atoms with van der Waals surface area (Å²) in [6.45, 7) is 7.86. The van der Waals surface area contributed by atoms with E-state index in [4.69, 9.17) is 9.15 Å². The number of amides is 1. The van der Waals surface area contributed by atoms with Crippen LogP contribution >= 0.6 is 0 Å². The molecule has 4 nitrogen and oxygen atoms in total. The summed E-state index contributed by atoms with van der Waals surface area (Å²) in [6.07, 6.45) is 0. The van der Waals surface area contributed by atoms with Crippen molar-refractivity contribution < 1.29 is 13.9 Å². The first kappa shape index (κ1) is 18.1. The number of hydrogen-bond acceptors (Lipinski definition) is 3. The zero-order chi connectivity index (χ0) is 18.5. The number of furan rings is 1. The molecule has 2 aromatic carbocycles. The van der Waals surface area contributed by atoms with E-state index in [0.29, 0.717) is 30.6 Å². The average Bonchev–Trinajstić information content (AvgIpc) is 3.12. The zero-order valence-electron chi connectivity index (χ0n) is 15.6. The van der Waals surface area contributed by atoms with Crippen LogP contribution in [0.15, 0.2) is 59.0 Å². The number of rotatable bonds is 7. The largest absolute Gasteiger partial charge is 0.486 e. The standard InChI is InChI=1S/C22H25NO3/c1-4-23(14-16(2)3)22(24)21-12-11-20(26-21)15-25-19-10-9-17-7-5-6-8-18(17)13-19/h5-13,16H,4,14-15H2,1-3H3. The molecule has 0 bridgehead atoms. The van der Waals surface area contributed by atoms with Crippen molar-refractivity contribution in [3.63, 3.8) is 0 Å². The number of carbonyl (C=O) groups excluding carboxylic acids is 1. The van der Waals surface area contributed by atoms with E-state index in [2.05, 4.69) is 26.0 Å². The number of nitrogens with zero attached hydrogens (tertiary/aromatic N) is 1. The van der Waals surface area contributed by atoms with E-state index in [-0.39, 0.29) is 5.91 Å². The van der Waals surface area contributed by atoms with E-state index in [1.165, 1.54) is 5.39 Å². The van der Waals surface area contributed by atoms with Gasteiger partial charge >= 0.3 is 0 Å². The molecular weight excluding hydrogens is 326 g/mol. The summed E-state index contributed by atoms with van der Waals surface area (Å²) in [5.41, 5.74) is 0. The molecule has 4 heteroatoms. The molecular formula is C22H25NO3. The Labute approximate surface area is 154 Å². The summed E-state index contributed by atoms with van der Waals surface area (Å²) < 4.78 is 11.5. The maximum Gasteiger partial charge on any atom is 0.289 e. The molecule has 0 atom stereocenters. The fourth-order valence-corrected chi connectivity index (χ4v) is 2.93. The molecule has 0 aliphatic carbocycles. The van der Waals surface area contributed by atoms with E-state index in [9.17, 15) is 4.79 Å². The first-order valence-corrected chi connectivity index (χ1v) is 9.06. The smallest absolute Gasteiger partial charge is 0.289 e. The number of ether oxygens (including phenoxy) is 1. The Morgan fingerprint density at radius 3 is 2.58 bits per heavy atom. The van der Waals surface area contributed by atoms with Gasteiger partial charge < -0.3 is 14.1 Å². The summed E-state index contributed by atoms with van der Waals surface area (Å²) in [4.78, 5) is 14.3. The minimum atomic E-state index is -0.0712. The second-order valence-electron chi connectivity index (χ2n) is 6.80. The molecule has 1 amide bonds. The highest BCUT2D eigenvalue weighted by atomic mass is 16.5. The van der Waals surface area contributed by atoms with Crippen LogP contribution < -0.4 is 4.74 Å². The van der Waals surface area contributed by atoms with Gasteiger partial charge in [-0.3, -0.25) is 4.79 Å². The topological polar surface area (TPSA) is 42.7 Å². The van der Waals surface area contributed by atoms with Gasteiger partial charge in [-0.25, -0.2) is 0 Å². The van der Waals surface area contributed by atoms with Gasteiger partial charge in [0.2, 0.25) is 0 Å². The van der Waals surface area contributed by atoms with Gasteiger partial charge in [-0.15, -0.1) is 0 Å². The van der Waals surface area contributed by atoms with Crippen LogP contribution in [0.2, 0.25) is 0 Å². The van der Waals surface area contributed by atoms with E-state index < -0.39 is 0 Å². The molecule has 0 unspecified atom stereocenters. The predicted molar refractivity (Wildman–Crippen MR) is 103 cm³/mol. The molecule has 0 saturated heterocycles. The van der Waals surface area contributed by atoms with Crippen molar-refractivity contribution >= 4 is 16.7 Å². The van der Waals surface area contributed by atoms with Crippen molar-refractivity contribution in [3.05, 3.63) is 66.1 Å². The molecule has 0 aliphatic rings. The lowest BCUT2D eigenvalue weighted by Crippen LogP contribution is -2.33. The molecule has 0 spiro atoms. The Morgan fingerprint density at radius 1 is 1.08 bits per heavy atom. The molecule has 136 valence electrons. The number of fused-ring (bicyclic) bond motifs is 1. The quantitative estimate of drug-likeness (QED) is 0.592. The number of hydrogen-bond donors (Lipinski definition) is 0. The highest BCUT2D eigenvalue weighted by molar-refractivity contribution is 5.91. The molecule has 0 radical (unpaired) electrons. The van der Waals surface area contributed by atoms with E-state index in [0.717, 1.165) is 17.7 Å². The predicted octanol–water partition coefficient (Wildman–Crippen LogP) is 5.13. The SMILES string of the molecule is CCN(CC(C)C)C(=O)c1ccc(COc2ccc3ccccc3c2)o1. The van der Waals surface area contributed by atoms with Crippen LogP contribution in [0.4, 0.5) is 0 Å². The zero-order valence-corrected chi connectivity index (χ0v) is 15.6. The van der Waals surface area contributed by atoms with E-state index in [1.807, 2.05) is 37.3 Å². The minimum absolute atomic E-state index is 0.0712. The third kappa shape index (κ3) is 4.26. The second-order valence-corrected chi connectivity index (χ2v) is 6.80. The third-order valence-corrected chi connectivity index (χ3v) is 4.23. The number of carbonyl (C=O) groups is 1. The van der Waals surface area contributed by atoms with Crippen molar-refractivity contribution in [3.8, 4) is 5.75 Å². The van der Waals surface area contributed by atoms with Crippen LogP contribution in [0.5, 0.6) is 5.75 Å². The molecule has 0 N–H and O–H groups in total. The van der Waals surface area contributed by atoms with Gasteiger partial charge in [0.25, 0.3) is 5.91 Å². The maximum atomic E-state index is 12.5. The van der Waals surface area contributed by atoms with Crippen LogP contribution in [-0.4, -0.2) is 23.9 Å². The first-order valence-electron chi connectivity index (χ1n) is 9.06. The van der Waals surface area contributed by atoms with E-state index in [1.54, 1.807) is 17.0 Å². The van der Waals surface area contributed by atoms with Gasteiger partial charge in [-0.1, -0.05) is 44.2 Å². The lowest BCUT2D eigenvalue weighted by Gasteiger charge is -2.21. The summed E-state index contributed by atoms with van der Waals surface area (Å²) in [6, 6.07) is 17.7. The number of benzene rings is 2. The molecule has 0 fully saturated rings. The summed E-state index contributed by atoms with van der Waals surface area (Å²) in [7, 11) is 0. The molecule has 3 rings (SSSR count). The highest BCUT2D eigenvalue weighted by Gasteiger charge is 2.19. The van der Waals surface area contributed by atoms with Gasteiger partial charge in [0.15, 0.2) is 5.76 Å². The Morgan fingerprint density at radius 2 is 1.85 bits per heavy atom. The van der Waals surface area contributed by atoms with Gasteiger partial charge in [0.05, 0.1) is 0 Å². The fraction of sp³-hybridized carbons (Fsp3) is 0.318. The lowest BCUT2D eigenvalue weighted by molar-refractivity contribution is 0.0709. The second kappa shape index (κ2) is 8.09. The fourth-order valence-electron chi connectivity index (χ4n) is 2.93. The van der Waals surface area contributed by atoms with Crippen LogP contribution in [0.25, 0.3) is 10.8 Å². The molecule has 1 aromatic heterocycles. The van der Waals surface area contributed by atoms with Crippen molar-refractivity contribution in [2.45, 2.75) is 27.4 Å². The van der Waals surface area contributed by atoms with E-state index >= 15 is 0 Å². The molecule has 0 aliphatic heterocycles. The summed E-state index contributed by atoms with van der Waals surface area (Å²) in [5.74, 6) is 2.14. The molecule has 3 aromatic rings. The highest BCUT2D eigenvalue weighted by Crippen LogP contribution is 2.22. The van der Waals surface area contributed by atoms with Gasteiger partial charge in [-0.2, -0.15) is 0 Å². The first-order chi connectivity index (χ1) is 12.6. The van der Waals surface area contributed by atoms with Crippen molar-refractivity contribution in [2.75, 3.05) is 13.1 Å². The molecule has 0 saturated carbocycles. The maximum absolute atomic E-state index is 12.5. The normalized spacial score (nSPS) is 11.1. The molecule has 1 heterocycles. The monoisotopic (exact) mass is 351 g/mol. The van der Waals surface area contributed by atoms with Crippen molar-refractivity contribution in [1.82, 2.24) is 4.90 Å². The Kier molecular flexibility index (Phi) is 5.61. The summed E-state index contributed by atoms with van der Waals surface area (Å²) in [5, 5.41) is 2.31. The summed E-state index contributed by atoms with van der Waals surface area (Å²) >= 11 is 0. The van der Waals surface area contributed by atoms with Crippen molar-refractivity contribution in [2.24, 2.45) is 5.92 Å². The minimum Gasteiger partial charge on any atom is -0.486 e. The van der Waals surface area contributed by atoms with Crippen LogP contribution in [0.1, 0.15) is 37.1 Å². The van der Waals surface area contributed by atoms with Crippen molar-refractivity contribution in [1.29, 1.82) is 0 Å². The van der Waals surface area contributed by atoms with Gasteiger partial charge in [-0.05, 0) is 47.9 Å². The average molecular weight is 351 g/mol. The van der Waals surface area contributed by atoms with Crippen LogP contribution in [-0.2, 0) is 6.61 Å². The Balaban J connectivity index is 1.65. The van der Waals surface area contributed by atoms with Gasteiger partial charge in [0.1, 0.15) is 18.1 Å². The third-order valence-electron chi connectivity index (χ3n) is 4.23. The van der Waals surface area contributed by atoms with Crippen LogP contribution in [0.3, 0.4) is 0 Å². The van der Waals surface area contributed by atoms with Crippen LogP contribution in [0, 0.1) is 5.92 Å². The Hall–Kier alpha value is -2.75. The molecule has 26 heavy (non-hydrogen) atoms. The lowest BCUT2D eigenvalue weighted by atomic mass is 10.1. The van der Waals surface area contributed by atoms with Gasteiger partial charge in [0, 0.05) is 13.1 Å².